The van der Waals surface area contributed by atoms with Crippen molar-refractivity contribution >= 4 is 58.8 Å². The number of amides is 4. The summed E-state index contributed by atoms with van der Waals surface area (Å²) < 4.78 is 5.66. The molecule has 0 saturated carbocycles. The van der Waals surface area contributed by atoms with Crippen LogP contribution >= 0.6 is 23.2 Å². The van der Waals surface area contributed by atoms with Gasteiger partial charge in [0.2, 0.25) is 0 Å². The number of rotatable bonds is 4. The Kier molecular flexibility index (Phi) is 5.56. The SMILES string of the molecule is O=C1NC(=O)N(c2cccc(Cl)c2Cl)C(=O)C1=Cc1ccc(-c2cccc(C(=O)O)c2)o1. The van der Waals surface area contributed by atoms with Crippen molar-refractivity contribution in [1.82, 2.24) is 5.32 Å². The van der Waals surface area contributed by atoms with Crippen LogP contribution < -0.4 is 10.2 Å². The Morgan fingerprint density at radius 2 is 1.78 bits per heavy atom. The summed E-state index contributed by atoms with van der Waals surface area (Å²) in [5.74, 6) is -2.43. The molecule has 8 nitrogen and oxygen atoms in total. The van der Waals surface area contributed by atoms with Gasteiger partial charge in [0, 0.05) is 5.56 Å². The average Bonchev–Trinajstić information content (AvgIpc) is 3.23. The standard InChI is InChI=1S/C22H12Cl2N2O6/c23-15-5-2-6-16(18(15)24)26-20(28)14(19(27)25-22(26)31)10-13-7-8-17(32-13)11-3-1-4-12(9-11)21(29)30/h1-10H,(H,29,30)(H,25,27,31). The van der Waals surface area contributed by atoms with Crippen molar-refractivity contribution in [2.75, 3.05) is 4.90 Å². The molecule has 2 aromatic carbocycles. The lowest BCUT2D eigenvalue weighted by Crippen LogP contribution is -2.54. The number of hydrogen-bond acceptors (Lipinski definition) is 5. The predicted octanol–water partition coefficient (Wildman–Crippen LogP) is 4.62. The summed E-state index contributed by atoms with van der Waals surface area (Å²) in [5.41, 5.74) is 0.233. The van der Waals surface area contributed by atoms with E-state index in [-0.39, 0.29) is 32.6 Å². The van der Waals surface area contributed by atoms with E-state index < -0.39 is 23.8 Å². The number of nitrogens with one attached hydrogen (secondary N) is 1. The molecule has 0 bridgehead atoms. The van der Waals surface area contributed by atoms with Gasteiger partial charge in [-0.05, 0) is 42.5 Å². The fourth-order valence-corrected chi connectivity index (χ4v) is 3.45. The number of carbonyl (C=O) groups excluding carboxylic acids is 3. The van der Waals surface area contributed by atoms with Crippen LogP contribution in [0, 0.1) is 0 Å². The smallest absolute Gasteiger partial charge is 0.336 e. The lowest BCUT2D eigenvalue weighted by Gasteiger charge is -2.27. The molecule has 4 rings (SSSR count). The first kappa shape index (κ1) is 21.4. The van der Waals surface area contributed by atoms with Crippen molar-refractivity contribution < 1.29 is 28.7 Å². The third kappa shape index (κ3) is 3.89. The van der Waals surface area contributed by atoms with Crippen LogP contribution in [-0.2, 0) is 9.59 Å². The molecule has 0 radical (unpaired) electrons. The molecule has 1 saturated heterocycles. The molecular weight excluding hydrogens is 459 g/mol. The van der Waals surface area contributed by atoms with Crippen LogP contribution in [0.2, 0.25) is 10.0 Å². The number of anilines is 1. The van der Waals surface area contributed by atoms with E-state index in [0.717, 1.165) is 0 Å². The van der Waals surface area contributed by atoms with Gasteiger partial charge in [-0.1, -0.05) is 41.4 Å². The van der Waals surface area contributed by atoms with Crippen LogP contribution in [0.4, 0.5) is 10.5 Å². The van der Waals surface area contributed by atoms with Crippen molar-refractivity contribution in [2.45, 2.75) is 0 Å². The normalized spacial score (nSPS) is 15.2. The van der Waals surface area contributed by atoms with Gasteiger partial charge in [0.25, 0.3) is 11.8 Å². The highest BCUT2D eigenvalue weighted by Gasteiger charge is 2.38. The molecule has 0 spiro atoms. The van der Waals surface area contributed by atoms with Gasteiger partial charge in [0.1, 0.15) is 17.1 Å². The number of barbiturate groups is 1. The number of carbonyl (C=O) groups is 4. The minimum absolute atomic E-state index is 0.0192. The Bertz CT molecular complexity index is 1330. The minimum atomic E-state index is -1.09. The predicted molar refractivity (Wildman–Crippen MR) is 117 cm³/mol. The van der Waals surface area contributed by atoms with Crippen LogP contribution in [0.15, 0.2) is 64.6 Å². The Hall–Kier alpha value is -3.88. The number of aromatic carboxylic acids is 1. The zero-order chi connectivity index (χ0) is 23.0. The summed E-state index contributed by atoms with van der Waals surface area (Å²) >= 11 is 12.1. The lowest BCUT2D eigenvalue weighted by molar-refractivity contribution is -0.122. The molecule has 4 amide bonds. The van der Waals surface area contributed by atoms with Crippen molar-refractivity contribution in [1.29, 1.82) is 0 Å². The quantitative estimate of drug-likeness (QED) is 0.424. The van der Waals surface area contributed by atoms with E-state index in [1.54, 1.807) is 18.2 Å². The molecule has 2 heterocycles. The van der Waals surface area contributed by atoms with Gasteiger partial charge < -0.3 is 9.52 Å². The lowest BCUT2D eigenvalue weighted by atomic mass is 10.1. The van der Waals surface area contributed by atoms with Crippen molar-refractivity contribution in [3.63, 3.8) is 0 Å². The molecule has 0 unspecified atom stereocenters. The highest BCUT2D eigenvalue weighted by molar-refractivity contribution is 6.46. The van der Waals surface area contributed by atoms with E-state index in [1.165, 1.54) is 42.5 Å². The number of imide groups is 2. The number of urea groups is 1. The van der Waals surface area contributed by atoms with Crippen LogP contribution in [0.1, 0.15) is 16.1 Å². The third-order valence-corrected chi connectivity index (χ3v) is 5.39. The number of carboxylic acid groups (broad SMARTS) is 1. The van der Waals surface area contributed by atoms with Crippen molar-refractivity contribution in [3.8, 4) is 11.3 Å². The van der Waals surface area contributed by atoms with Gasteiger partial charge in [-0.25, -0.2) is 14.5 Å². The summed E-state index contributed by atoms with van der Waals surface area (Å²) in [7, 11) is 0. The van der Waals surface area contributed by atoms with E-state index >= 15 is 0 Å². The molecule has 160 valence electrons. The monoisotopic (exact) mass is 470 g/mol. The maximum absolute atomic E-state index is 13.0. The molecular formula is C22H12Cl2N2O6. The van der Waals surface area contributed by atoms with Gasteiger partial charge in [-0.2, -0.15) is 0 Å². The first-order chi connectivity index (χ1) is 15.3. The average molecular weight is 471 g/mol. The fourth-order valence-electron chi connectivity index (χ4n) is 3.07. The number of benzene rings is 2. The maximum atomic E-state index is 13.0. The van der Waals surface area contributed by atoms with Gasteiger partial charge in [0.15, 0.2) is 0 Å². The van der Waals surface area contributed by atoms with E-state index in [2.05, 4.69) is 5.32 Å². The molecule has 2 N–H and O–H groups in total. The number of hydrogen-bond donors (Lipinski definition) is 2. The Balaban J connectivity index is 1.69. The van der Waals surface area contributed by atoms with Gasteiger partial charge in [0.05, 0.1) is 21.3 Å². The highest BCUT2D eigenvalue weighted by atomic mass is 35.5. The summed E-state index contributed by atoms with van der Waals surface area (Å²) in [4.78, 5) is 49.5. The van der Waals surface area contributed by atoms with Crippen LogP contribution in [0.25, 0.3) is 17.4 Å². The van der Waals surface area contributed by atoms with E-state index in [9.17, 15) is 19.2 Å². The van der Waals surface area contributed by atoms with Crippen LogP contribution in [0.5, 0.6) is 0 Å². The van der Waals surface area contributed by atoms with Gasteiger partial charge in [-0.3, -0.25) is 14.9 Å². The Labute approximate surface area is 190 Å². The number of nitrogens with zero attached hydrogens (tertiary/aromatic N) is 1. The molecule has 1 fully saturated rings. The molecule has 1 aromatic heterocycles. The van der Waals surface area contributed by atoms with Crippen LogP contribution in [0.3, 0.4) is 0 Å². The number of furan rings is 1. The zero-order valence-electron chi connectivity index (χ0n) is 16.0. The van der Waals surface area contributed by atoms with Gasteiger partial charge in [-0.15, -0.1) is 0 Å². The summed E-state index contributed by atoms with van der Waals surface area (Å²) in [5, 5.41) is 11.3. The largest absolute Gasteiger partial charge is 0.478 e. The van der Waals surface area contributed by atoms with E-state index in [1.807, 2.05) is 0 Å². The van der Waals surface area contributed by atoms with Crippen LogP contribution in [-0.4, -0.2) is 28.9 Å². The highest BCUT2D eigenvalue weighted by Crippen LogP contribution is 2.34. The summed E-state index contributed by atoms with van der Waals surface area (Å²) in [6.45, 7) is 0. The van der Waals surface area contributed by atoms with Crippen molar-refractivity contribution in [3.05, 3.63) is 81.5 Å². The number of halogens is 2. The second kappa shape index (κ2) is 8.33. The molecule has 0 atom stereocenters. The maximum Gasteiger partial charge on any atom is 0.336 e. The molecule has 1 aliphatic rings. The zero-order valence-corrected chi connectivity index (χ0v) is 17.5. The third-order valence-electron chi connectivity index (χ3n) is 4.58. The molecule has 1 aliphatic heterocycles. The topological polar surface area (TPSA) is 117 Å². The fraction of sp³-hybridized carbons (Fsp3) is 0. The second-order valence-corrected chi connectivity index (χ2v) is 7.40. The Morgan fingerprint density at radius 3 is 2.53 bits per heavy atom. The molecule has 32 heavy (non-hydrogen) atoms. The molecule has 3 aromatic rings. The summed E-state index contributed by atoms with van der Waals surface area (Å²) in [6.07, 6.45) is 1.18. The van der Waals surface area contributed by atoms with Crippen molar-refractivity contribution in [2.24, 2.45) is 0 Å². The summed E-state index contributed by atoms with van der Waals surface area (Å²) in [6, 6.07) is 12.6. The first-order valence-electron chi connectivity index (χ1n) is 9.05. The minimum Gasteiger partial charge on any atom is -0.478 e. The van der Waals surface area contributed by atoms with Gasteiger partial charge >= 0.3 is 12.0 Å². The van der Waals surface area contributed by atoms with E-state index in [4.69, 9.17) is 32.7 Å². The Morgan fingerprint density at radius 1 is 1.03 bits per heavy atom. The first-order valence-corrected chi connectivity index (χ1v) is 9.81. The number of carboxylic acids is 1. The molecule has 0 aliphatic carbocycles. The second-order valence-electron chi connectivity index (χ2n) is 6.62. The molecule has 10 heteroatoms. The van der Waals surface area contributed by atoms with E-state index in [0.29, 0.717) is 16.2 Å².